The van der Waals surface area contributed by atoms with Crippen LogP contribution >= 0.6 is 0 Å². The molecule has 1 aromatic carbocycles. The highest BCUT2D eigenvalue weighted by atomic mass is 16.5. The zero-order valence-corrected chi connectivity index (χ0v) is 12.5. The molecule has 0 fully saturated rings. The largest absolute Gasteiger partial charge is 0.469 e. The highest BCUT2D eigenvalue weighted by Gasteiger charge is 2.16. The number of amides is 1. The van der Waals surface area contributed by atoms with E-state index in [2.05, 4.69) is 4.74 Å². The van der Waals surface area contributed by atoms with Crippen LogP contribution < -0.4 is 5.73 Å². The van der Waals surface area contributed by atoms with Crippen molar-refractivity contribution >= 4 is 17.6 Å². The number of anilines is 1. The fraction of sp³-hybridized carbons (Fsp3) is 0.467. The smallest absolute Gasteiger partial charge is 0.307 e. The van der Waals surface area contributed by atoms with Crippen LogP contribution in [0.3, 0.4) is 0 Å². The average Bonchev–Trinajstić information content (AvgIpc) is 2.49. The number of nitrogens with zero attached hydrogens (tertiary/aromatic N) is 1. The number of hydrogen-bond donors (Lipinski definition) is 1. The number of rotatable bonds is 8. The Morgan fingerprint density at radius 2 is 1.90 bits per heavy atom. The van der Waals surface area contributed by atoms with Crippen molar-refractivity contribution in [2.24, 2.45) is 0 Å². The standard InChI is InChI=1S/C15H22N2O4/c1-20-10-9-17(8-7-15(19)21-2)14(18)11-12-5-3-4-6-13(12)16/h3-6H,7-11,16H2,1-2H3. The number of carbonyl (C=O) groups is 2. The van der Waals surface area contributed by atoms with Crippen LogP contribution in [0.15, 0.2) is 24.3 Å². The molecule has 0 aliphatic rings. The predicted molar refractivity (Wildman–Crippen MR) is 79.6 cm³/mol. The fourth-order valence-electron chi connectivity index (χ4n) is 1.86. The highest BCUT2D eigenvalue weighted by Crippen LogP contribution is 2.12. The van der Waals surface area contributed by atoms with Gasteiger partial charge in [-0.2, -0.15) is 0 Å². The van der Waals surface area contributed by atoms with Crippen LogP contribution in [0.5, 0.6) is 0 Å². The summed E-state index contributed by atoms with van der Waals surface area (Å²) < 4.78 is 9.59. The third-order valence-corrected chi connectivity index (χ3v) is 3.13. The zero-order chi connectivity index (χ0) is 15.7. The lowest BCUT2D eigenvalue weighted by Crippen LogP contribution is -2.37. The molecule has 0 atom stereocenters. The van der Waals surface area contributed by atoms with E-state index in [4.69, 9.17) is 10.5 Å². The molecule has 6 heteroatoms. The number of nitrogen functional groups attached to an aromatic ring is 1. The van der Waals surface area contributed by atoms with Crippen molar-refractivity contribution in [3.8, 4) is 0 Å². The molecule has 0 aliphatic carbocycles. The Hall–Kier alpha value is -2.08. The summed E-state index contributed by atoms with van der Waals surface area (Å²) in [6.45, 7) is 1.15. The van der Waals surface area contributed by atoms with Crippen LogP contribution in [0.4, 0.5) is 5.69 Å². The summed E-state index contributed by atoms with van der Waals surface area (Å²) in [7, 11) is 2.90. The molecule has 1 rings (SSSR count). The molecule has 1 aromatic rings. The first-order valence-electron chi connectivity index (χ1n) is 6.75. The summed E-state index contributed by atoms with van der Waals surface area (Å²) in [6.07, 6.45) is 0.369. The van der Waals surface area contributed by atoms with Gasteiger partial charge in [0.2, 0.25) is 5.91 Å². The number of methoxy groups -OCH3 is 2. The second-order valence-electron chi connectivity index (χ2n) is 4.58. The molecule has 21 heavy (non-hydrogen) atoms. The Bertz CT molecular complexity index is 476. The number of esters is 1. The van der Waals surface area contributed by atoms with Crippen LogP contribution in [0.1, 0.15) is 12.0 Å². The van der Waals surface area contributed by atoms with E-state index >= 15 is 0 Å². The van der Waals surface area contributed by atoms with Crippen LogP contribution in [0.2, 0.25) is 0 Å². The van der Waals surface area contributed by atoms with Gasteiger partial charge in [-0.05, 0) is 11.6 Å². The van der Waals surface area contributed by atoms with Crippen molar-refractivity contribution in [3.63, 3.8) is 0 Å². The van der Waals surface area contributed by atoms with Gasteiger partial charge in [-0.15, -0.1) is 0 Å². The minimum atomic E-state index is -0.343. The molecule has 0 spiro atoms. The number of hydrogen-bond acceptors (Lipinski definition) is 5. The molecule has 2 N–H and O–H groups in total. The fourth-order valence-corrected chi connectivity index (χ4v) is 1.86. The molecule has 0 aliphatic heterocycles. The molecule has 0 aromatic heterocycles. The monoisotopic (exact) mass is 294 g/mol. The normalized spacial score (nSPS) is 10.2. The van der Waals surface area contributed by atoms with E-state index in [1.807, 2.05) is 18.2 Å². The first-order valence-corrected chi connectivity index (χ1v) is 6.75. The number of nitrogens with two attached hydrogens (primary N) is 1. The minimum Gasteiger partial charge on any atom is -0.469 e. The van der Waals surface area contributed by atoms with E-state index in [9.17, 15) is 9.59 Å². The summed E-state index contributed by atoms with van der Waals surface area (Å²) in [5.74, 6) is -0.432. The van der Waals surface area contributed by atoms with Gasteiger partial charge in [0.25, 0.3) is 0 Å². The van der Waals surface area contributed by atoms with Gasteiger partial charge in [-0.3, -0.25) is 9.59 Å². The first-order chi connectivity index (χ1) is 10.1. The summed E-state index contributed by atoms with van der Waals surface area (Å²) >= 11 is 0. The Labute approximate surface area is 124 Å². The molecular weight excluding hydrogens is 272 g/mol. The summed E-state index contributed by atoms with van der Waals surface area (Å²) in [4.78, 5) is 25.1. The quantitative estimate of drug-likeness (QED) is 0.568. The van der Waals surface area contributed by atoms with Crippen molar-refractivity contribution in [1.82, 2.24) is 4.90 Å². The molecular formula is C15H22N2O4. The Morgan fingerprint density at radius 1 is 1.19 bits per heavy atom. The maximum Gasteiger partial charge on any atom is 0.307 e. The summed E-state index contributed by atoms with van der Waals surface area (Å²) in [5.41, 5.74) is 7.21. The van der Waals surface area contributed by atoms with Crippen molar-refractivity contribution in [2.45, 2.75) is 12.8 Å². The maximum atomic E-state index is 12.3. The molecule has 116 valence electrons. The maximum absolute atomic E-state index is 12.3. The molecule has 0 saturated heterocycles. The van der Waals surface area contributed by atoms with Gasteiger partial charge >= 0.3 is 5.97 Å². The van der Waals surface area contributed by atoms with Crippen LogP contribution in [-0.2, 0) is 25.5 Å². The number of ether oxygens (including phenoxy) is 2. The van der Waals surface area contributed by atoms with Gasteiger partial charge in [0.15, 0.2) is 0 Å². The molecule has 0 bridgehead atoms. The van der Waals surface area contributed by atoms with Crippen molar-refractivity contribution in [3.05, 3.63) is 29.8 Å². The van der Waals surface area contributed by atoms with Crippen molar-refractivity contribution in [2.75, 3.05) is 39.6 Å². The van der Waals surface area contributed by atoms with E-state index in [-0.39, 0.29) is 24.7 Å². The molecule has 0 heterocycles. The lowest BCUT2D eigenvalue weighted by Gasteiger charge is -2.22. The molecule has 1 amide bonds. The highest BCUT2D eigenvalue weighted by molar-refractivity contribution is 5.81. The number of carbonyl (C=O) groups excluding carboxylic acids is 2. The Kier molecular flexibility index (Phi) is 7.25. The van der Waals surface area contributed by atoms with E-state index in [0.29, 0.717) is 25.4 Å². The van der Waals surface area contributed by atoms with Gasteiger partial charge in [0.05, 0.1) is 26.6 Å². The van der Waals surface area contributed by atoms with Crippen LogP contribution in [-0.4, -0.2) is 50.7 Å². The predicted octanol–water partition coefficient (Wildman–Crippen LogP) is 0.849. The lowest BCUT2D eigenvalue weighted by molar-refractivity contribution is -0.141. The van der Waals surface area contributed by atoms with Crippen molar-refractivity contribution < 1.29 is 19.1 Å². The SMILES string of the molecule is COCCN(CCC(=O)OC)C(=O)Cc1ccccc1N. The van der Waals surface area contributed by atoms with E-state index < -0.39 is 0 Å². The van der Waals surface area contributed by atoms with Gasteiger partial charge < -0.3 is 20.1 Å². The average molecular weight is 294 g/mol. The summed E-state index contributed by atoms with van der Waals surface area (Å²) in [5, 5.41) is 0. The van der Waals surface area contributed by atoms with E-state index in [1.54, 1.807) is 18.1 Å². The second-order valence-corrected chi connectivity index (χ2v) is 4.58. The van der Waals surface area contributed by atoms with Crippen molar-refractivity contribution in [1.29, 1.82) is 0 Å². The topological polar surface area (TPSA) is 81.9 Å². The zero-order valence-electron chi connectivity index (χ0n) is 12.5. The Balaban J connectivity index is 2.65. The Morgan fingerprint density at radius 3 is 2.52 bits per heavy atom. The van der Waals surface area contributed by atoms with Gasteiger partial charge in [-0.25, -0.2) is 0 Å². The third-order valence-electron chi connectivity index (χ3n) is 3.13. The molecule has 6 nitrogen and oxygen atoms in total. The molecule has 0 radical (unpaired) electrons. The van der Waals surface area contributed by atoms with Gasteiger partial charge in [0, 0.05) is 25.9 Å². The van der Waals surface area contributed by atoms with Crippen LogP contribution in [0.25, 0.3) is 0 Å². The van der Waals surface area contributed by atoms with E-state index in [1.165, 1.54) is 7.11 Å². The lowest BCUT2D eigenvalue weighted by atomic mass is 10.1. The number of para-hydroxylation sites is 1. The third kappa shape index (κ3) is 5.83. The summed E-state index contributed by atoms with van der Waals surface area (Å²) in [6, 6.07) is 7.24. The number of benzene rings is 1. The first kappa shape index (κ1) is 17.0. The van der Waals surface area contributed by atoms with E-state index in [0.717, 1.165) is 5.56 Å². The molecule has 0 saturated carbocycles. The molecule has 0 unspecified atom stereocenters. The van der Waals surface area contributed by atoms with Gasteiger partial charge in [0.1, 0.15) is 0 Å². The minimum absolute atomic E-state index is 0.0890. The van der Waals surface area contributed by atoms with Gasteiger partial charge in [-0.1, -0.05) is 18.2 Å². The van der Waals surface area contributed by atoms with Crippen LogP contribution in [0, 0.1) is 0 Å². The second kappa shape index (κ2) is 8.97.